The minimum atomic E-state index is -0.559. The van der Waals surface area contributed by atoms with Crippen molar-refractivity contribution in [2.75, 3.05) is 14.1 Å². The van der Waals surface area contributed by atoms with E-state index >= 15 is 0 Å². The molecule has 1 aromatic rings. The highest BCUT2D eigenvalue weighted by Crippen LogP contribution is 2.31. The van der Waals surface area contributed by atoms with Gasteiger partial charge in [0.05, 0.1) is 10.0 Å². The van der Waals surface area contributed by atoms with Crippen molar-refractivity contribution in [1.82, 2.24) is 4.90 Å². The molecule has 2 N–H and O–H groups in total. The molecule has 0 saturated heterocycles. The van der Waals surface area contributed by atoms with E-state index in [2.05, 4.69) is 0 Å². The molecule has 0 saturated carbocycles. The van der Waals surface area contributed by atoms with Crippen molar-refractivity contribution in [2.45, 2.75) is 6.04 Å². The summed E-state index contributed by atoms with van der Waals surface area (Å²) < 4.78 is 0. The zero-order valence-electron chi connectivity index (χ0n) is 8.50. The van der Waals surface area contributed by atoms with Gasteiger partial charge in [-0.05, 0) is 25.7 Å². The van der Waals surface area contributed by atoms with Crippen molar-refractivity contribution in [2.24, 2.45) is 5.73 Å². The van der Waals surface area contributed by atoms with Gasteiger partial charge in [-0.3, -0.25) is 9.69 Å². The van der Waals surface area contributed by atoms with Crippen LogP contribution in [0.25, 0.3) is 0 Å². The summed E-state index contributed by atoms with van der Waals surface area (Å²) in [5.41, 5.74) is 5.93. The van der Waals surface area contributed by atoms with E-state index in [1.54, 1.807) is 37.2 Å². The van der Waals surface area contributed by atoms with Crippen molar-refractivity contribution in [1.29, 1.82) is 0 Å². The van der Waals surface area contributed by atoms with Crippen LogP contribution in [0.4, 0.5) is 0 Å². The highest BCUT2D eigenvalue weighted by Gasteiger charge is 2.23. The van der Waals surface area contributed by atoms with E-state index in [0.717, 1.165) is 0 Å². The Labute approximate surface area is 98.8 Å². The summed E-state index contributed by atoms with van der Waals surface area (Å²) >= 11 is 11.9. The van der Waals surface area contributed by atoms with E-state index in [9.17, 15) is 4.79 Å². The first-order chi connectivity index (χ1) is 6.95. The van der Waals surface area contributed by atoms with Gasteiger partial charge in [0.2, 0.25) is 5.91 Å². The molecule has 1 unspecified atom stereocenters. The van der Waals surface area contributed by atoms with Gasteiger partial charge in [0, 0.05) is 0 Å². The van der Waals surface area contributed by atoms with E-state index in [-0.39, 0.29) is 0 Å². The third kappa shape index (κ3) is 2.62. The topological polar surface area (TPSA) is 46.3 Å². The molecule has 0 aliphatic heterocycles. The maximum Gasteiger partial charge on any atom is 0.239 e. The Morgan fingerprint density at radius 3 is 2.47 bits per heavy atom. The predicted octanol–water partition coefficient (Wildman–Crippen LogP) is 2.08. The second-order valence-electron chi connectivity index (χ2n) is 3.41. The summed E-state index contributed by atoms with van der Waals surface area (Å²) in [7, 11) is 3.51. The molecule has 1 atom stereocenters. The fourth-order valence-electron chi connectivity index (χ4n) is 1.42. The quantitative estimate of drug-likeness (QED) is 0.888. The molecular weight excluding hydrogens is 235 g/mol. The lowest BCUT2D eigenvalue weighted by molar-refractivity contribution is -0.122. The van der Waals surface area contributed by atoms with E-state index in [0.29, 0.717) is 15.6 Å². The van der Waals surface area contributed by atoms with Gasteiger partial charge in [0.1, 0.15) is 6.04 Å². The summed E-state index contributed by atoms with van der Waals surface area (Å²) in [5.74, 6) is -0.454. The van der Waals surface area contributed by atoms with Crippen LogP contribution in [0.3, 0.4) is 0 Å². The normalized spacial score (nSPS) is 12.9. The summed E-state index contributed by atoms with van der Waals surface area (Å²) in [4.78, 5) is 13.0. The molecule has 15 heavy (non-hydrogen) atoms. The number of nitrogens with zero attached hydrogens (tertiary/aromatic N) is 1. The Balaban J connectivity index is 3.23. The van der Waals surface area contributed by atoms with Crippen LogP contribution in [0.2, 0.25) is 10.0 Å². The molecule has 0 heterocycles. The monoisotopic (exact) mass is 246 g/mol. The standard InChI is InChI=1S/C10H12Cl2N2O/c1-14(2)9(10(13)15)6-4-3-5-7(11)8(6)12/h3-5,9H,1-2H3,(H2,13,15). The molecule has 0 fully saturated rings. The average molecular weight is 247 g/mol. The molecule has 3 nitrogen and oxygen atoms in total. The van der Waals surface area contributed by atoms with Gasteiger partial charge in [-0.1, -0.05) is 35.3 Å². The predicted molar refractivity (Wildman–Crippen MR) is 62.1 cm³/mol. The Hall–Kier alpha value is -0.770. The highest BCUT2D eigenvalue weighted by molar-refractivity contribution is 6.42. The van der Waals surface area contributed by atoms with Gasteiger partial charge in [-0.25, -0.2) is 0 Å². The fourth-order valence-corrected chi connectivity index (χ4v) is 1.83. The molecule has 0 aromatic heterocycles. The number of nitrogens with two attached hydrogens (primary N) is 1. The van der Waals surface area contributed by atoms with Gasteiger partial charge in [0.15, 0.2) is 0 Å². The third-order valence-corrected chi connectivity index (χ3v) is 2.90. The number of primary amides is 1. The number of hydrogen-bond acceptors (Lipinski definition) is 2. The van der Waals surface area contributed by atoms with Gasteiger partial charge in [-0.15, -0.1) is 0 Å². The van der Waals surface area contributed by atoms with Crippen LogP contribution >= 0.6 is 23.2 Å². The lowest BCUT2D eigenvalue weighted by Crippen LogP contribution is -2.33. The highest BCUT2D eigenvalue weighted by atomic mass is 35.5. The zero-order chi connectivity index (χ0) is 11.6. The molecule has 1 amide bonds. The summed E-state index contributed by atoms with van der Waals surface area (Å²) in [6.07, 6.45) is 0. The van der Waals surface area contributed by atoms with E-state index < -0.39 is 11.9 Å². The molecule has 0 spiro atoms. The van der Waals surface area contributed by atoms with Crippen molar-refractivity contribution < 1.29 is 4.79 Å². The zero-order valence-corrected chi connectivity index (χ0v) is 10.0. The number of hydrogen-bond donors (Lipinski definition) is 1. The van der Waals surface area contributed by atoms with E-state index in [1.165, 1.54) is 0 Å². The number of rotatable bonds is 3. The van der Waals surface area contributed by atoms with Crippen LogP contribution < -0.4 is 5.73 Å². The minimum Gasteiger partial charge on any atom is -0.368 e. The van der Waals surface area contributed by atoms with Crippen LogP contribution in [0, 0.1) is 0 Å². The van der Waals surface area contributed by atoms with Crippen LogP contribution in [0.5, 0.6) is 0 Å². The molecule has 82 valence electrons. The summed E-state index contributed by atoms with van der Waals surface area (Å²) in [5, 5.41) is 0.791. The van der Waals surface area contributed by atoms with E-state index in [1.807, 2.05) is 0 Å². The molecule has 0 bridgehead atoms. The molecule has 0 radical (unpaired) electrons. The number of carbonyl (C=O) groups is 1. The average Bonchev–Trinajstić information content (AvgIpc) is 2.11. The maximum atomic E-state index is 11.3. The van der Waals surface area contributed by atoms with Gasteiger partial charge >= 0.3 is 0 Å². The molecule has 0 aliphatic carbocycles. The summed E-state index contributed by atoms with van der Waals surface area (Å²) in [6.45, 7) is 0. The molecule has 1 rings (SSSR count). The smallest absolute Gasteiger partial charge is 0.239 e. The second-order valence-corrected chi connectivity index (χ2v) is 4.20. The van der Waals surface area contributed by atoms with E-state index in [4.69, 9.17) is 28.9 Å². The number of benzene rings is 1. The number of likely N-dealkylation sites (N-methyl/N-ethyl adjacent to an activating group) is 1. The molecule has 0 aliphatic rings. The minimum absolute atomic E-state index is 0.372. The lowest BCUT2D eigenvalue weighted by atomic mass is 10.1. The first-order valence-corrected chi connectivity index (χ1v) is 5.10. The number of halogens is 2. The van der Waals surface area contributed by atoms with Crippen LogP contribution in [0.1, 0.15) is 11.6 Å². The number of carbonyl (C=O) groups excluding carboxylic acids is 1. The maximum absolute atomic E-state index is 11.3. The Bertz CT molecular complexity index is 380. The Kier molecular flexibility index (Phi) is 3.97. The molecular formula is C10H12Cl2N2O. The van der Waals surface area contributed by atoms with Gasteiger partial charge in [0.25, 0.3) is 0 Å². The van der Waals surface area contributed by atoms with Crippen molar-refractivity contribution >= 4 is 29.1 Å². The second kappa shape index (κ2) is 4.84. The van der Waals surface area contributed by atoms with Crippen LogP contribution in [0.15, 0.2) is 18.2 Å². The largest absolute Gasteiger partial charge is 0.368 e. The van der Waals surface area contributed by atoms with Crippen molar-refractivity contribution in [3.8, 4) is 0 Å². The van der Waals surface area contributed by atoms with Crippen LogP contribution in [-0.2, 0) is 4.79 Å². The number of amides is 1. The fraction of sp³-hybridized carbons (Fsp3) is 0.300. The lowest BCUT2D eigenvalue weighted by Gasteiger charge is -2.22. The third-order valence-electron chi connectivity index (χ3n) is 2.06. The first-order valence-electron chi connectivity index (χ1n) is 4.34. The first kappa shape index (κ1) is 12.3. The Morgan fingerprint density at radius 1 is 1.40 bits per heavy atom. The van der Waals surface area contributed by atoms with Crippen molar-refractivity contribution in [3.05, 3.63) is 33.8 Å². The van der Waals surface area contributed by atoms with Crippen LogP contribution in [-0.4, -0.2) is 24.9 Å². The molecule has 5 heteroatoms. The Morgan fingerprint density at radius 2 is 2.00 bits per heavy atom. The van der Waals surface area contributed by atoms with Gasteiger partial charge in [-0.2, -0.15) is 0 Å². The van der Waals surface area contributed by atoms with Crippen molar-refractivity contribution in [3.63, 3.8) is 0 Å². The SMILES string of the molecule is CN(C)C(C(N)=O)c1cccc(Cl)c1Cl. The summed E-state index contributed by atoms with van der Waals surface area (Å²) in [6, 6.07) is 4.59. The van der Waals surface area contributed by atoms with Gasteiger partial charge < -0.3 is 5.73 Å². The molecule has 1 aromatic carbocycles.